The van der Waals surface area contributed by atoms with Gasteiger partial charge in [0.25, 0.3) is 22.3 Å². The van der Waals surface area contributed by atoms with Gasteiger partial charge in [-0.1, -0.05) is 0 Å². The summed E-state index contributed by atoms with van der Waals surface area (Å²) in [6.07, 6.45) is -2.84. The van der Waals surface area contributed by atoms with E-state index in [4.69, 9.17) is 79.1 Å². The van der Waals surface area contributed by atoms with Crippen LogP contribution >= 0.6 is 60.8 Å². The molecule has 0 spiro atoms. The molecule has 0 heterocycles. The molecule has 0 fully saturated rings. The van der Waals surface area contributed by atoms with Gasteiger partial charge < -0.3 is 97.2 Å². The molecule has 0 amide bonds. The number of aliphatic hydroxyl groups is 4. The van der Waals surface area contributed by atoms with E-state index in [0.29, 0.717) is 0 Å². The molecule has 0 aromatic carbocycles. The Balaban J connectivity index is -0.0000000893. The fourth-order valence-corrected chi connectivity index (χ4v) is 11.8. The Hall–Kier alpha value is 5.04. The molecule has 8 unspecified atom stereocenters. The summed E-state index contributed by atoms with van der Waals surface area (Å²) < 4.78 is 103. The van der Waals surface area contributed by atoms with Crippen molar-refractivity contribution >= 4 is 179 Å². The molecule has 0 rings (SSSR count). The van der Waals surface area contributed by atoms with Crippen LogP contribution in [0.5, 0.6) is 0 Å². The van der Waals surface area contributed by atoms with E-state index < -0.39 is 108 Å². The Bertz CT molecular complexity index is 1260. The van der Waals surface area contributed by atoms with Crippen molar-refractivity contribution in [3.8, 4) is 0 Å². The predicted octanol–water partition coefficient (Wildman–Crippen LogP) is -2.39. The first-order valence-corrected chi connectivity index (χ1v) is 26.6. The van der Waals surface area contributed by atoms with E-state index in [1.165, 1.54) is 55.4 Å². The van der Waals surface area contributed by atoms with Crippen molar-refractivity contribution in [3.63, 3.8) is 0 Å². The number of hydrogen-bond acceptors (Lipinski definition) is 16. The minimum absolute atomic E-state index is 0. The van der Waals surface area contributed by atoms with E-state index >= 15 is 0 Å². The first-order valence-electron chi connectivity index (χ1n) is 13.3. The van der Waals surface area contributed by atoms with Crippen LogP contribution in [0, 0.1) is 0 Å². The normalized spacial score (nSPS) is 18.5. The van der Waals surface area contributed by atoms with Crippen LogP contribution < -0.4 is 0 Å². The van der Waals surface area contributed by atoms with E-state index in [0.717, 1.165) is 0 Å². The van der Waals surface area contributed by atoms with Gasteiger partial charge in [0.2, 0.25) is 0 Å². The third-order valence-electron chi connectivity index (χ3n) is 3.82. The van der Waals surface area contributed by atoms with Crippen molar-refractivity contribution in [1.29, 1.82) is 0 Å². The molecule has 0 bridgehead atoms. The van der Waals surface area contributed by atoms with Crippen LogP contribution in [-0.4, -0.2) is 244 Å². The average Bonchev–Trinajstić information content (AvgIpc) is 2.82. The van der Waals surface area contributed by atoms with Gasteiger partial charge >= 0.3 is 179 Å². The van der Waals surface area contributed by atoms with Crippen molar-refractivity contribution < 1.29 is 134 Å². The van der Waals surface area contributed by atoms with E-state index in [-0.39, 0.29) is 118 Å². The molecule has 0 radical (unpaired) electrons. The molecular weight excluding hydrogens is 980 g/mol. The standard InChI is InChI=1S/4C4H12O7P2.4Na.4H/c4*1-3(2)11-13(9,10)4(5)12(6,7)8;;;;;;;;/h4*3-5H,1-2H3,(H,9,10)(H2,6,7,8);;;;;;;;. The number of rotatable bonds is 16. The molecule has 8 atom stereocenters. The van der Waals surface area contributed by atoms with Crippen molar-refractivity contribution in [2.45, 2.75) is 102 Å². The van der Waals surface area contributed by atoms with Gasteiger partial charge in [0, 0.05) is 0 Å². The zero-order valence-electron chi connectivity index (χ0n) is 28.3. The topological polar surface area (TPSA) is 497 Å². The first kappa shape index (κ1) is 78.2. The quantitative estimate of drug-likeness (QED) is 0.0566. The van der Waals surface area contributed by atoms with Crippen LogP contribution in [0.3, 0.4) is 0 Å². The van der Waals surface area contributed by atoms with Gasteiger partial charge in [-0.05, 0) is 55.4 Å². The second-order valence-electron chi connectivity index (χ2n) is 10.6. The minimum atomic E-state index is -5.02. The van der Waals surface area contributed by atoms with Crippen LogP contribution in [0.1, 0.15) is 55.4 Å². The molecule has 0 aliphatic rings. The zero-order chi connectivity index (χ0) is 43.4. The van der Waals surface area contributed by atoms with Gasteiger partial charge in [-0.25, -0.2) is 0 Å². The monoisotopic (exact) mass is 1030 g/mol. The van der Waals surface area contributed by atoms with E-state index in [9.17, 15) is 36.5 Å². The maximum absolute atomic E-state index is 11.0. The SMILES string of the molecule is CC(C)OP(=O)(O)C(O)P(=O)(O)O.CC(C)OP(=O)(O)C(O)P(=O)(O)O.CC(C)OP(=O)(O)C(O)P(=O)(O)O.CC(C)OP(=O)(O)C(O)P(=O)(O)O.[NaH].[NaH].[NaH].[NaH]. The second kappa shape index (κ2) is 31.9. The van der Waals surface area contributed by atoms with E-state index in [2.05, 4.69) is 18.1 Å². The van der Waals surface area contributed by atoms with Crippen LogP contribution in [0.25, 0.3) is 0 Å². The molecule has 0 aromatic rings. The fraction of sp³-hybridized carbons (Fsp3) is 1.00. The summed E-state index contributed by atoms with van der Waals surface area (Å²) in [7, 11) is -38.7. The molecule has 28 nitrogen and oxygen atoms in total. The van der Waals surface area contributed by atoms with Crippen molar-refractivity contribution in [2.24, 2.45) is 0 Å². The van der Waals surface area contributed by atoms with Gasteiger partial charge in [-0.3, -0.25) is 36.5 Å². The van der Waals surface area contributed by atoms with Gasteiger partial charge in [0.15, 0.2) is 0 Å². The van der Waals surface area contributed by atoms with Crippen molar-refractivity contribution in [3.05, 3.63) is 0 Å². The predicted molar refractivity (Wildman–Crippen MR) is 205 cm³/mol. The van der Waals surface area contributed by atoms with Crippen LogP contribution in [-0.2, 0) is 54.6 Å². The maximum atomic E-state index is 11.0. The number of hydrogen-bond donors (Lipinski definition) is 16. The molecule has 16 N–H and O–H groups in total. The van der Waals surface area contributed by atoms with Crippen LogP contribution in [0.15, 0.2) is 0 Å². The van der Waals surface area contributed by atoms with E-state index in [1.54, 1.807) is 0 Å². The summed E-state index contributed by atoms with van der Waals surface area (Å²) in [5.74, 6) is 0. The van der Waals surface area contributed by atoms with Crippen LogP contribution in [0.2, 0.25) is 0 Å². The summed E-state index contributed by atoms with van der Waals surface area (Å²) in [5, 5.41) is 35.0. The molecule has 0 aliphatic heterocycles. The Morgan fingerprint density at radius 2 is 0.375 bits per heavy atom. The van der Waals surface area contributed by atoms with Gasteiger partial charge in [-0.15, -0.1) is 0 Å². The Kier molecular flexibility index (Phi) is 44.5. The molecule has 0 aliphatic carbocycles. The Morgan fingerprint density at radius 1 is 0.286 bits per heavy atom. The molecular formula is C16H52Na4O28P8. The Labute approximate surface area is 410 Å². The van der Waals surface area contributed by atoms with Crippen LogP contribution in [0.4, 0.5) is 0 Å². The fourth-order valence-electron chi connectivity index (χ4n) is 2.19. The molecule has 0 saturated carbocycles. The number of aliphatic hydroxyl groups excluding tert-OH is 4. The van der Waals surface area contributed by atoms with Crippen molar-refractivity contribution in [2.75, 3.05) is 0 Å². The summed E-state index contributed by atoms with van der Waals surface area (Å²) >= 11 is 0. The first-order chi connectivity index (χ1) is 22.3. The molecule has 328 valence electrons. The van der Waals surface area contributed by atoms with Gasteiger partial charge in [0.1, 0.15) is 0 Å². The van der Waals surface area contributed by atoms with Crippen molar-refractivity contribution in [1.82, 2.24) is 0 Å². The van der Waals surface area contributed by atoms with Gasteiger partial charge in [-0.2, -0.15) is 0 Å². The van der Waals surface area contributed by atoms with Gasteiger partial charge in [0.05, 0.1) is 24.4 Å². The molecule has 0 saturated heterocycles. The third kappa shape index (κ3) is 37.3. The summed E-state index contributed by atoms with van der Waals surface area (Å²) in [6, 6.07) is 0. The summed E-state index contributed by atoms with van der Waals surface area (Å²) in [4.78, 5) is 103. The third-order valence-corrected chi connectivity index (χ3v) is 18.6. The second-order valence-corrected chi connectivity index (χ2v) is 26.2. The Morgan fingerprint density at radius 3 is 0.429 bits per heavy atom. The average molecular weight is 1030 g/mol. The van der Waals surface area contributed by atoms with E-state index in [1.807, 2.05) is 0 Å². The molecule has 0 aromatic heterocycles. The molecule has 40 heteroatoms. The summed E-state index contributed by atoms with van der Waals surface area (Å²) in [6.45, 7) is 11.2. The zero-order valence-corrected chi connectivity index (χ0v) is 35.4. The summed E-state index contributed by atoms with van der Waals surface area (Å²) in [5.41, 5.74) is -10.7. The molecule has 56 heavy (non-hydrogen) atoms.